The molecule has 0 saturated carbocycles. The van der Waals surface area contributed by atoms with Crippen molar-refractivity contribution in [3.05, 3.63) is 12.7 Å². The molecule has 0 radical (unpaired) electrons. The third kappa shape index (κ3) is 8.58. The van der Waals surface area contributed by atoms with Crippen LogP contribution in [0.1, 0.15) is 6.23 Å². The van der Waals surface area contributed by atoms with Gasteiger partial charge in [-0.25, -0.2) is 28.1 Å². The Bertz CT molecular complexity index is 1120. The number of nitrogen functional groups attached to an aromatic ring is 1. The van der Waals surface area contributed by atoms with Crippen LogP contribution in [0.15, 0.2) is 12.7 Å². The summed E-state index contributed by atoms with van der Waals surface area (Å²) < 4.78 is 50.9. The van der Waals surface area contributed by atoms with E-state index in [-0.39, 0.29) is 81.6 Å². The molecule has 19 nitrogen and oxygen atoms in total. The van der Waals surface area contributed by atoms with E-state index in [1.165, 1.54) is 10.9 Å². The summed E-state index contributed by atoms with van der Waals surface area (Å²) in [6.07, 6.45) is -3.89. The Kier molecular flexibility index (Phi) is 13.1. The van der Waals surface area contributed by atoms with Gasteiger partial charge < -0.3 is 50.3 Å². The van der Waals surface area contributed by atoms with Crippen molar-refractivity contribution in [2.24, 2.45) is 0 Å². The average Bonchev–Trinajstić information content (AvgIpc) is 3.13. The van der Waals surface area contributed by atoms with Crippen LogP contribution in [-0.2, 0) is 31.6 Å². The largest absolute Gasteiger partial charge is 1.00 e. The SMILES string of the molecule is Nc1ncnc2c1ncn2[C@@H]1O[C@H](COP(=O)([O-])OP(=O)([O-])OP(=O)(O)O)[C@@H](O)[C@H]1O.O.[Na+].[Na+]. The van der Waals surface area contributed by atoms with Gasteiger partial charge in [-0.2, -0.15) is 0 Å². The van der Waals surface area contributed by atoms with Gasteiger partial charge in [0.15, 0.2) is 17.7 Å². The molecule has 0 aliphatic carbocycles. The first-order valence-corrected chi connectivity index (χ1v) is 12.3. The van der Waals surface area contributed by atoms with Crippen molar-refractivity contribution < 1.29 is 126 Å². The number of rotatable bonds is 8. The Hall–Kier alpha value is 0.600. The number of ether oxygens (including phenoxy) is 1. The first-order chi connectivity index (χ1) is 14.2. The fourth-order valence-corrected chi connectivity index (χ4v) is 5.54. The molecule has 0 bridgehead atoms. The fraction of sp³-hybridized carbons (Fsp3) is 0.500. The molecule has 0 amide bonds. The molecule has 2 aromatic heterocycles. The number of aromatic nitrogens is 4. The van der Waals surface area contributed by atoms with Crippen LogP contribution in [0.2, 0.25) is 0 Å². The molecule has 34 heavy (non-hydrogen) atoms. The monoisotopic (exact) mass is 569 g/mol. The van der Waals surface area contributed by atoms with Crippen molar-refractivity contribution in [3.8, 4) is 0 Å². The van der Waals surface area contributed by atoms with Crippen molar-refractivity contribution in [1.29, 1.82) is 0 Å². The summed E-state index contributed by atoms with van der Waals surface area (Å²) in [5.74, 6) is 0.0284. The fourth-order valence-electron chi connectivity index (χ4n) is 2.61. The second-order valence-electron chi connectivity index (χ2n) is 5.97. The van der Waals surface area contributed by atoms with E-state index in [4.69, 9.17) is 20.3 Å². The molecule has 182 valence electrons. The van der Waals surface area contributed by atoms with Crippen molar-refractivity contribution >= 4 is 40.4 Å². The zero-order valence-electron chi connectivity index (χ0n) is 17.3. The molecule has 1 aliphatic heterocycles. The molecule has 2 aromatic rings. The molecule has 3 heterocycles. The first-order valence-electron chi connectivity index (χ1n) is 7.88. The normalized spacial score (nSPS) is 25.9. The molecule has 6 atom stereocenters. The predicted molar refractivity (Wildman–Crippen MR) is 94.7 cm³/mol. The van der Waals surface area contributed by atoms with Gasteiger partial charge in [0.2, 0.25) is 0 Å². The number of nitrogens with two attached hydrogens (primary N) is 1. The van der Waals surface area contributed by atoms with Gasteiger partial charge in [0.05, 0.1) is 12.9 Å². The number of hydrogen-bond donors (Lipinski definition) is 5. The molecule has 3 rings (SSSR count). The van der Waals surface area contributed by atoms with Gasteiger partial charge in [-0.15, -0.1) is 0 Å². The molecule has 0 spiro atoms. The van der Waals surface area contributed by atoms with Crippen LogP contribution >= 0.6 is 23.5 Å². The smallest absolute Gasteiger partial charge is 0.756 e. The third-order valence-electron chi connectivity index (χ3n) is 3.80. The Morgan fingerprint density at radius 3 is 2.26 bits per heavy atom. The van der Waals surface area contributed by atoms with E-state index in [0.717, 1.165) is 6.33 Å². The molecular weight excluding hydrogens is 553 g/mol. The van der Waals surface area contributed by atoms with Crippen molar-refractivity contribution in [3.63, 3.8) is 0 Å². The van der Waals surface area contributed by atoms with E-state index in [0.29, 0.717) is 0 Å². The Balaban J connectivity index is 0.00000363. The summed E-state index contributed by atoms with van der Waals surface area (Å²) in [5, 5.41) is 20.4. The van der Waals surface area contributed by atoms with E-state index in [1.807, 2.05) is 0 Å². The standard InChI is InChI=1S/C10H16N5O13P3.2Na.H2O/c11-8-5-9(13-2-12-8)15(3-14-5)10-7(17)6(16)4(26-10)1-25-30(21,22)28-31(23,24)27-29(18,19)20;;;/h2-4,6-7,10,16-17H,1H2,(H,21,22)(H,23,24)(H2,11,12,13)(H2,18,19,20);;;1H2/q;2*+1;/p-2/t4-,6-,7-,10-;;;/m1.../s1. The molecular formula is C10H16N5Na2O14P3. The minimum atomic E-state index is -6.01. The summed E-state index contributed by atoms with van der Waals surface area (Å²) in [5.41, 5.74) is 5.95. The number of hydrogen-bond acceptors (Lipinski definition) is 15. The summed E-state index contributed by atoms with van der Waals surface area (Å²) >= 11 is 0. The van der Waals surface area contributed by atoms with Crippen LogP contribution in [0.4, 0.5) is 5.82 Å². The number of imidazole rings is 1. The number of aliphatic hydroxyl groups is 2. The number of fused-ring (bicyclic) bond motifs is 1. The maximum absolute atomic E-state index is 11.6. The minimum Gasteiger partial charge on any atom is -0.756 e. The van der Waals surface area contributed by atoms with Gasteiger partial charge in [-0.3, -0.25) is 13.7 Å². The third-order valence-corrected chi connectivity index (χ3v) is 7.52. The van der Waals surface area contributed by atoms with Gasteiger partial charge in [0.25, 0.3) is 15.6 Å². The van der Waals surface area contributed by atoms with Crippen molar-refractivity contribution in [1.82, 2.24) is 19.5 Å². The molecule has 24 heteroatoms. The predicted octanol–water partition coefficient (Wildman–Crippen LogP) is -9.71. The van der Waals surface area contributed by atoms with Gasteiger partial charge in [0, 0.05) is 0 Å². The molecule has 1 saturated heterocycles. The van der Waals surface area contributed by atoms with E-state index in [1.54, 1.807) is 0 Å². The summed E-state index contributed by atoms with van der Waals surface area (Å²) in [6.45, 7) is -1.05. The van der Waals surface area contributed by atoms with Gasteiger partial charge in [0.1, 0.15) is 30.2 Å². The maximum Gasteiger partial charge on any atom is 1.00 e. The topological polar surface area (TPSA) is 316 Å². The minimum absolute atomic E-state index is 0. The number of phosphoric ester groups is 1. The second kappa shape index (κ2) is 12.9. The Morgan fingerprint density at radius 1 is 1.06 bits per heavy atom. The zero-order valence-corrected chi connectivity index (χ0v) is 24.0. The van der Waals surface area contributed by atoms with Gasteiger partial charge >= 0.3 is 66.9 Å². The summed E-state index contributed by atoms with van der Waals surface area (Å²) in [7, 11) is -17.4. The number of nitrogens with zero attached hydrogens (tertiary/aromatic N) is 4. The summed E-state index contributed by atoms with van der Waals surface area (Å²) in [6, 6.07) is 0. The van der Waals surface area contributed by atoms with Crippen LogP contribution < -0.4 is 74.6 Å². The van der Waals surface area contributed by atoms with Crippen molar-refractivity contribution in [2.45, 2.75) is 24.5 Å². The number of aliphatic hydroxyl groups excluding tert-OH is 2. The van der Waals surface area contributed by atoms with Gasteiger partial charge in [-0.05, 0) is 0 Å². The average molecular weight is 569 g/mol. The van der Waals surface area contributed by atoms with Crippen LogP contribution in [0.3, 0.4) is 0 Å². The van der Waals surface area contributed by atoms with E-state index in [2.05, 4.69) is 28.1 Å². The van der Waals surface area contributed by atoms with E-state index in [9.17, 15) is 33.7 Å². The maximum atomic E-state index is 11.6. The second-order valence-corrected chi connectivity index (χ2v) is 10.3. The number of anilines is 1. The van der Waals surface area contributed by atoms with Crippen LogP contribution in [0.25, 0.3) is 11.2 Å². The van der Waals surface area contributed by atoms with Crippen LogP contribution in [-0.4, -0.2) is 69.9 Å². The quantitative estimate of drug-likeness (QED) is 0.145. The van der Waals surface area contributed by atoms with E-state index >= 15 is 0 Å². The molecule has 0 aromatic carbocycles. The van der Waals surface area contributed by atoms with Crippen LogP contribution in [0, 0.1) is 0 Å². The first kappa shape index (κ1) is 34.6. The van der Waals surface area contributed by atoms with E-state index < -0.39 is 54.6 Å². The zero-order chi connectivity index (χ0) is 23.2. The molecule has 8 N–H and O–H groups in total. The van der Waals surface area contributed by atoms with Gasteiger partial charge in [-0.1, -0.05) is 0 Å². The number of phosphoric acid groups is 3. The molecule has 2 unspecified atom stereocenters. The Labute approximate surface area is 234 Å². The summed E-state index contributed by atoms with van der Waals surface area (Å²) in [4.78, 5) is 51.3. The molecule has 1 fully saturated rings. The van der Waals surface area contributed by atoms with Crippen LogP contribution in [0.5, 0.6) is 0 Å². The molecule has 1 aliphatic rings. The Morgan fingerprint density at radius 2 is 1.68 bits per heavy atom. The van der Waals surface area contributed by atoms with Crippen molar-refractivity contribution in [2.75, 3.05) is 12.3 Å².